The molecule has 0 bridgehead atoms. The number of fused-ring (bicyclic) bond motifs is 1. The monoisotopic (exact) mass is 459 g/mol. The van der Waals surface area contributed by atoms with Crippen LogP contribution in [0.2, 0.25) is 0 Å². The summed E-state index contributed by atoms with van der Waals surface area (Å²) < 4.78 is 41.3. The van der Waals surface area contributed by atoms with Gasteiger partial charge < -0.3 is 14.8 Å². The van der Waals surface area contributed by atoms with Crippen LogP contribution in [0.3, 0.4) is 0 Å². The van der Waals surface area contributed by atoms with Gasteiger partial charge in [-0.25, -0.2) is 9.97 Å². The first-order valence-corrected chi connectivity index (χ1v) is 11.0. The number of aryl methyl sites for hydroxylation is 1. The van der Waals surface area contributed by atoms with E-state index in [9.17, 15) is 18.0 Å². The largest absolute Gasteiger partial charge is 0.416 e. The van der Waals surface area contributed by atoms with Gasteiger partial charge in [0, 0.05) is 36.9 Å². The lowest BCUT2D eigenvalue weighted by atomic mass is 9.89. The van der Waals surface area contributed by atoms with Crippen molar-refractivity contribution in [1.29, 1.82) is 0 Å². The number of pyridine rings is 1. The molecule has 1 aliphatic rings. The molecule has 0 aliphatic carbocycles. The summed E-state index contributed by atoms with van der Waals surface area (Å²) in [6.45, 7) is 7.38. The third kappa shape index (κ3) is 4.73. The highest BCUT2D eigenvalue weighted by molar-refractivity contribution is 5.88. The number of aromatic nitrogens is 3. The standard InChI is InChI=1S/C24H28F3N5O/c1-15(17-6-5-7-18(12-17)24(25,26)27)28-22-19-14-32(23(3)8-10-31(4)11-9-23)21(33)13-20(19)29-16(2)30-22/h5-7,12-15H,8-11H2,1-4H3,(H,28,29,30)/t15-/m0/s1. The molecule has 33 heavy (non-hydrogen) atoms. The van der Waals surface area contributed by atoms with Gasteiger partial charge in [0.1, 0.15) is 11.6 Å². The number of rotatable bonds is 4. The third-order valence-corrected chi connectivity index (χ3v) is 6.56. The van der Waals surface area contributed by atoms with E-state index in [0.717, 1.165) is 38.1 Å². The number of halogens is 3. The Labute approximate surface area is 190 Å². The van der Waals surface area contributed by atoms with Crippen molar-refractivity contribution in [3.8, 4) is 0 Å². The summed E-state index contributed by atoms with van der Waals surface area (Å²) in [6.07, 6.45) is -0.937. The zero-order valence-corrected chi connectivity index (χ0v) is 19.2. The number of nitrogens with one attached hydrogen (secondary N) is 1. The lowest BCUT2D eigenvalue weighted by Gasteiger charge is -2.39. The summed E-state index contributed by atoms with van der Waals surface area (Å²) in [7, 11) is 2.07. The van der Waals surface area contributed by atoms with Crippen LogP contribution in [-0.4, -0.2) is 39.6 Å². The van der Waals surface area contributed by atoms with Crippen molar-refractivity contribution in [2.45, 2.75) is 51.4 Å². The van der Waals surface area contributed by atoms with E-state index in [1.807, 2.05) is 0 Å². The molecule has 1 aromatic carbocycles. The SMILES string of the molecule is Cc1nc(N[C@@H](C)c2cccc(C(F)(F)F)c2)c2cn(C3(C)CCN(C)CC3)c(=O)cc2n1. The molecule has 1 aliphatic heterocycles. The van der Waals surface area contributed by atoms with Gasteiger partial charge in [-0.1, -0.05) is 12.1 Å². The highest BCUT2D eigenvalue weighted by Crippen LogP contribution is 2.33. The molecule has 6 nitrogen and oxygen atoms in total. The Kier molecular flexibility index (Phi) is 5.94. The van der Waals surface area contributed by atoms with Crippen molar-refractivity contribution in [3.63, 3.8) is 0 Å². The Balaban J connectivity index is 1.74. The van der Waals surface area contributed by atoms with Crippen LogP contribution in [0.4, 0.5) is 19.0 Å². The van der Waals surface area contributed by atoms with Crippen molar-refractivity contribution in [2.24, 2.45) is 0 Å². The number of hydrogen-bond donors (Lipinski definition) is 1. The minimum atomic E-state index is -4.41. The topological polar surface area (TPSA) is 63.1 Å². The number of likely N-dealkylation sites (tertiary alicyclic amines) is 1. The molecular weight excluding hydrogens is 431 g/mol. The van der Waals surface area contributed by atoms with Crippen LogP contribution in [0.1, 0.15) is 49.7 Å². The van der Waals surface area contributed by atoms with Crippen LogP contribution in [-0.2, 0) is 11.7 Å². The summed E-state index contributed by atoms with van der Waals surface area (Å²) in [6, 6.07) is 6.33. The van der Waals surface area contributed by atoms with E-state index in [-0.39, 0.29) is 11.1 Å². The van der Waals surface area contributed by atoms with Gasteiger partial charge in [-0.05, 0) is 58.4 Å². The second kappa shape index (κ2) is 8.44. The molecule has 3 heterocycles. The zero-order valence-electron chi connectivity index (χ0n) is 19.2. The lowest BCUT2D eigenvalue weighted by molar-refractivity contribution is -0.137. The fourth-order valence-electron chi connectivity index (χ4n) is 4.37. The second-order valence-corrected chi connectivity index (χ2v) is 9.19. The fraction of sp³-hybridized carbons (Fsp3) is 0.458. The number of piperidine rings is 1. The molecule has 1 fully saturated rings. The molecule has 9 heteroatoms. The minimum Gasteiger partial charge on any atom is -0.363 e. The van der Waals surface area contributed by atoms with E-state index < -0.39 is 17.8 Å². The van der Waals surface area contributed by atoms with Crippen molar-refractivity contribution in [2.75, 3.05) is 25.5 Å². The highest BCUT2D eigenvalue weighted by Gasteiger charge is 2.32. The Morgan fingerprint density at radius 1 is 1.15 bits per heavy atom. The summed E-state index contributed by atoms with van der Waals surface area (Å²) in [5.74, 6) is 0.969. The maximum Gasteiger partial charge on any atom is 0.416 e. The molecular formula is C24H28F3N5O. The van der Waals surface area contributed by atoms with E-state index in [0.29, 0.717) is 28.1 Å². The van der Waals surface area contributed by atoms with Crippen LogP contribution >= 0.6 is 0 Å². The van der Waals surface area contributed by atoms with E-state index in [1.165, 1.54) is 12.1 Å². The molecule has 2 aromatic heterocycles. The van der Waals surface area contributed by atoms with E-state index in [2.05, 4.69) is 34.2 Å². The second-order valence-electron chi connectivity index (χ2n) is 9.19. The zero-order chi connectivity index (χ0) is 24.0. The van der Waals surface area contributed by atoms with Crippen LogP contribution in [0.5, 0.6) is 0 Å². The fourth-order valence-corrected chi connectivity index (χ4v) is 4.37. The number of hydrogen-bond acceptors (Lipinski definition) is 5. The van der Waals surface area contributed by atoms with Crippen molar-refractivity contribution >= 4 is 16.7 Å². The first kappa shape index (κ1) is 23.2. The van der Waals surface area contributed by atoms with E-state index >= 15 is 0 Å². The molecule has 4 rings (SSSR count). The summed E-state index contributed by atoms with van der Waals surface area (Å²) in [5, 5.41) is 3.91. The normalized spacial score (nSPS) is 17.8. The molecule has 0 saturated carbocycles. The third-order valence-electron chi connectivity index (χ3n) is 6.56. The number of benzene rings is 1. The van der Waals surface area contributed by atoms with Crippen LogP contribution < -0.4 is 10.9 Å². The maximum absolute atomic E-state index is 13.2. The van der Waals surface area contributed by atoms with E-state index in [1.54, 1.807) is 30.7 Å². The van der Waals surface area contributed by atoms with Crippen LogP contribution in [0.25, 0.3) is 10.9 Å². The number of anilines is 1. The van der Waals surface area contributed by atoms with Gasteiger partial charge in [0.15, 0.2) is 0 Å². The Hall–Kier alpha value is -2.94. The number of alkyl halides is 3. The Bertz CT molecular complexity index is 1230. The molecule has 3 aromatic rings. The average Bonchev–Trinajstić information content (AvgIpc) is 2.75. The van der Waals surface area contributed by atoms with Crippen molar-refractivity contribution in [3.05, 3.63) is 63.8 Å². The summed E-state index contributed by atoms with van der Waals surface area (Å²) in [4.78, 5) is 24.2. The Morgan fingerprint density at radius 2 is 1.85 bits per heavy atom. The maximum atomic E-state index is 13.2. The first-order valence-electron chi connectivity index (χ1n) is 11.0. The molecule has 0 amide bonds. The number of nitrogens with zero attached hydrogens (tertiary/aromatic N) is 4. The molecule has 1 saturated heterocycles. The molecule has 1 N–H and O–H groups in total. The quantitative estimate of drug-likeness (QED) is 0.611. The molecule has 0 radical (unpaired) electrons. The molecule has 0 spiro atoms. The summed E-state index contributed by atoms with van der Waals surface area (Å²) >= 11 is 0. The lowest BCUT2D eigenvalue weighted by Crippen LogP contribution is -2.46. The Morgan fingerprint density at radius 3 is 2.52 bits per heavy atom. The van der Waals surface area contributed by atoms with E-state index in [4.69, 9.17) is 0 Å². The average molecular weight is 460 g/mol. The predicted octanol–water partition coefficient (Wildman–Crippen LogP) is 4.73. The van der Waals surface area contributed by atoms with Gasteiger partial charge in [-0.3, -0.25) is 4.79 Å². The van der Waals surface area contributed by atoms with Crippen molar-refractivity contribution < 1.29 is 13.2 Å². The van der Waals surface area contributed by atoms with Gasteiger partial charge >= 0.3 is 6.18 Å². The smallest absolute Gasteiger partial charge is 0.363 e. The molecule has 1 atom stereocenters. The van der Waals surface area contributed by atoms with Gasteiger partial charge in [0.25, 0.3) is 5.56 Å². The minimum absolute atomic E-state index is 0.121. The van der Waals surface area contributed by atoms with Gasteiger partial charge in [-0.2, -0.15) is 13.2 Å². The van der Waals surface area contributed by atoms with Gasteiger partial charge in [-0.15, -0.1) is 0 Å². The van der Waals surface area contributed by atoms with Gasteiger partial charge in [0.2, 0.25) is 0 Å². The summed E-state index contributed by atoms with van der Waals surface area (Å²) in [5.41, 5.74) is -0.137. The van der Waals surface area contributed by atoms with Crippen LogP contribution in [0.15, 0.2) is 41.3 Å². The first-order chi connectivity index (χ1) is 15.5. The predicted molar refractivity (Wildman–Crippen MR) is 122 cm³/mol. The van der Waals surface area contributed by atoms with Crippen LogP contribution in [0, 0.1) is 6.92 Å². The highest BCUT2D eigenvalue weighted by atomic mass is 19.4. The molecule has 176 valence electrons. The molecule has 0 unspecified atom stereocenters. The van der Waals surface area contributed by atoms with Gasteiger partial charge in [0.05, 0.1) is 16.5 Å². The van der Waals surface area contributed by atoms with Crippen molar-refractivity contribution in [1.82, 2.24) is 19.4 Å².